The summed E-state index contributed by atoms with van der Waals surface area (Å²) < 4.78 is 44.1. The number of halogens is 4. The Balaban J connectivity index is 2.41. The average Bonchev–Trinajstić information content (AvgIpc) is 2.88. The maximum Gasteiger partial charge on any atom is 0.416 e. The Kier molecular flexibility index (Phi) is 4.64. The van der Waals surface area contributed by atoms with E-state index in [0.717, 1.165) is 18.6 Å². The maximum absolute atomic E-state index is 12.8. The van der Waals surface area contributed by atoms with Gasteiger partial charge in [-0.15, -0.1) is 0 Å². The molecule has 2 nitrogen and oxygen atoms in total. The van der Waals surface area contributed by atoms with Crippen molar-refractivity contribution in [2.45, 2.75) is 25.6 Å². The summed E-state index contributed by atoms with van der Waals surface area (Å²) in [5, 5.41) is 3.11. The molecule has 21 heavy (non-hydrogen) atoms. The van der Waals surface area contributed by atoms with Crippen molar-refractivity contribution in [3.63, 3.8) is 0 Å². The third-order valence-corrected chi connectivity index (χ3v) is 3.45. The summed E-state index contributed by atoms with van der Waals surface area (Å²) in [5.41, 5.74) is -0.476. The molecule has 1 N–H and O–H groups in total. The van der Waals surface area contributed by atoms with Crippen LogP contribution in [-0.4, -0.2) is 7.05 Å². The predicted molar refractivity (Wildman–Crippen MR) is 76.2 cm³/mol. The summed E-state index contributed by atoms with van der Waals surface area (Å²) in [5.74, 6) is 1.05. The Morgan fingerprint density at radius 2 is 1.95 bits per heavy atom. The molecule has 0 aliphatic heterocycles. The van der Waals surface area contributed by atoms with E-state index in [1.807, 2.05) is 6.92 Å². The topological polar surface area (TPSA) is 25.2 Å². The third kappa shape index (κ3) is 3.60. The number of alkyl halides is 3. The molecule has 2 rings (SSSR count). The molecular weight excluding hydrogens is 303 g/mol. The fourth-order valence-corrected chi connectivity index (χ4v) is 2.37. The second-order valence-corrected chi connectivity index (χ2v) is 5.11. The fraction of sp³-hybridized carbons (Fsp3) is 0.333. The van der Waals surface area contributed by atoms with Gasteiger partial charge in [-0.3, -0.25) is 0 Å². The van der Waals surface area contributed by atoms with Gasteiger partial charge in [-0.1, -0.05) is 18.5 Å². The average molecular weight is 318 g/mol. The molecule has 0 bridgehead atoms. The van der Waals surface area contributed by atoms with Crippen molar-refractivity contribution in [3.8, 4) is 11.3 Å². The zero-order valence-electron chi connectivity index (χ0n) is 11.6. The molecule has 1 aromatic heterocycles. The minimum Gasteiger partial charge on any atom is -0.459 e. The number of hydrogen-bond acceptors (Lipinski definition) is 2. The van der Waals surface area contributed by atoms with Crippen LogP contribution in [0.1, 0.15) is 30.7 Å². The van der Waals surface area contributed by atoms with Crippen LogP contribution in [0, 0.1) is 0 Å². The van der Waals surface area contributed by atoms with E-state index in [4.69, 9.17) is 16.0 Å². The highest BCUT2D eigenvalue weighted by Gasteiger charge is 2.31. The highest BCUT2D eigenvalue weighted by molar-refractivity contribution is 6.30. The van der Waals surface area contributed by atoms with Gasteiger partial charge in [0.25, 0.3) is 0 Å². The molecule has 1 heterocycles. The van der Waals surface area contributed by atoms with Crippen LogP contribution in [0.5, 0.6) is 0 Å². The first-order chi connectivity index (χ1) is 9.85. The summed E-state index contributed by atoms with van der Waals surface area (Å²) in [6.45, 7) is 1.99. The molecule has 0 saturated heterocycles. The van der Waals surface area contributed by atoms with E-state index in [1.165, 1.54) is 6.07 Å². The van der Waals surface area contributed by atoms with E-state index >= 15 is 0 Å². The SMILES string of the molecule is CCC(NC)c1ccc(-c2cc(Cl)cc(C(F)(F)F)c2)o1. The molecule has 2 aromatic rings. The van der Waals surface area contributed by atoms with Crippen molar-refractivity contribution in [2.24, 2.45) is 0 Å². The number of nitrogens with one attached hydrogen (secondary N) is 1. The summed E-state index contributed by atoms with van der Waals surface area (Å²) in [7, 11) is 1.80. The van der Waals surface area contributed by atoms with Gasteiger partial charge in [0.05, 0.1) is 11.6 Å². The lowest BCUT2D eigenvalue weighted by Gasteiger charge is -2.11. The van der Waals surface area contributed by atoms with Gasteiger partial charge in [0.2, 0.25) is 0 Å². The molecule has 1 aromatic carbocycles. The van der Waals surface area contributed by atoms with Crippen LogP contribution in [0.4, 0.5) is 13.2 Å². The Hall–Kier alpha value is -1.46. The smallest absolute Gasteiger partial charge is 0.416 e. The molecule has 0 amide bonds. The van der Waals surface area contributed by atoms with E-state index in [-0.39, 0.29) is 11.1 Å². The molecule has 0 aliphatic rings. The summed E-state index contributed by atoms with van der Waals surface area (Å²) >= 11 is 5.78. The highest BCUT2D eigenvalue weighted by Crippen LogP contribution is 2.35. The molecule has 0 fully saturated rings. The molecule has 0 aliphatic carbocycles. The number of furan rings is 1. The van der Waals surface area contributed by atoms with Crippen molar-refractivity contribution in [1.29, 1.82) is 0 Å². The van der Waals surface area contributed by atoms with E-state index in [2.05, 4.69) is 5.32 Å². The lowest BCUT2D eigenvalue weighted by Crippen LogP contribution is -2.14. The van der Waals surface area contributed by atoms with Gasteiger partial charge in [-0.05, 0) is 43.8 Å². The minimum absolute atomic E-state index is 0.0263. The predicted octanol–water partition coefficient (Wildman–Crippen LogP) is 5.29. The van der Waals surface area contributed by atoms with Crippen molar-refractivity contribution < 1.29 is 17.6 Å². The lowest BCUT2D eigenvalue weighted by atomic mass is 10.1. The molecule has 0 saturated carbocycles. The van der Waals surface area contributed by atoms with Crippen molar-refractivity contribution in [2.75, 3.05) is 7.05 Å². The van der Waals surface area contributed by atoms with Gasteiger partial charge in [0.1, 0.15) is 11.5 Å². The minimum atomic E-state index is -4.44. The molecule has 0 radical (unpaired) electrons. The Morgan fingerprint density at radius 3 is 2.52 bits per heavy atom. The highest BCUT2D eigenvalue weighted by atomic mass is 35.5. The normalized spacial score (nSPS) is 13.4. The largest absolute Gasteiger partial charge is 0.459 e. The number of benzene rings is 1. The van der Waals surface area contributed by atoms with E-state index in [0.29, 0.717) is 17.1 Å². The second-order valence-electron chi connectivity index (χ2n) is 4.68. The van der Waals surface area contributed by atoms with E-state index in [1.54, 1.807) is 19.2 Å². The van der Waals surface area contributed by atoms with Crippen molar-refractivity contribution in [1.82, 2.24) is 5.32 Å². The van der Waals surface area contributed by atoms with Gasteiger partial charge in [0.15, 0.2) is 0 Å². The lowest BCUT2D eigenvalue weighted by molar-refractivity contribution is -0.137. The van der Waals surface area contributed by atoms with Crippen LogP contribution in [0.15, 0.2) is 34.7 Å². The van der Waals surface area contributed by atoms with Gasteiger partial charge in [0, 0.05) is 10.6 Å². The van der Waals surface area contributed by atoms with Crippen LogP contribution < -0.4 is 5.32 Å². The number of hydrogen-bond donors (Lipinski definition) is 1. The van der Waals surface area contributed by atoms with Crippen molar-refractivity contribution >= 4 is 11.6 Å². The first-order valence-corrected chi connectivity index (χ1v) is 6.88. The Bertz CT molecular complexity index is 618. The molecule has 114 valence electrons. The van der Waals surface area contributed by atoms with Gasteiger partial charge < -0.3 is 9.73 Å². The first kappa shape index (κ1) is 15.9. The maximum atomic E-state index is 12.8. The van der Waals surface area contributed by atoms with Gasteiger partial charge in [-0.2, -0.15) is 13.2 Å². The van der Waals surface area contributed by atoms with E-state index in [9.17, 15) is 13.2 Å². The van der Waals surface area contributed by atoms with Crippen molar-refractivity contribution in [3.05, 3.63) is 46.7 Å². The molecule has 0 spiro atoms. The Morgan fingerprint density at radius 1 is 1.24 bits per heavy atom. The summed E-state index contributed by atoms with van der Waals surface area (Å²) in [6.07, 6.45) is -3.63. The summed E-state index contributed by atoms with van der Waals surface area (Å²) in [4.78, 5) is 0. The Labute approximate surface area is 125 Å². The fourth-order valence-electron chi connectivity index (χ4n) is 2.14. The van der Waals surface area contributed by atoms with Gasteiger partial charge >= 0.3 is 6.18 Å². The second kappa shape index (κ2) is 6.12. The zero-order chi connectivity index (χ0) is 15.6. The van der Waals surface area contributed by atoms with Gasteiger partial charge in [-0.25, -0.2) is 0 Å². The van der Waals surface area contributed by atoms with Crippen LogP contribution in [-0.2, 0) is 6.18 Å². The first-order valence-electron chi connectivity index (χ1n) is 6.50. The zero-order valence-corrected chi connectivity index (χ0v) is 12.3. The number of rotatable bonds is 4. The van der Waals surface area contributed by atoms with Crippen LogP contribution in [0.25, 0.3) is 11.3 Å². The summed E-state index contributed by atoms with van der Waals surface area (Å²) in [6, 6.07) is 6.83. The molecule has 1 atom stereocenters. The van der Waals surface area contributed by atoms with Crippen LogP contribution in [0.2, 0.25) is 5.02 Å². The standard InChI is InChI=1S/C15H15ClF3NO/c1-3-12(20-2)14-5-4-13(21-14)9-6-10(15(17,18)19)8-11(16)7-9/h4-8,12,20H,3H2,1-2H3. The van der Waals surface area contributed by atoms with Crippen LogP contribution >= 0.6 is 11.6 Å². The third-order valence-electron chi connectivity index (χ3n) is 3.24. The molecular formula is C15H15ClF3NO. The molecule has 6 heteroatoms. The molecule has 1 unspecified atom stereocenters. The quantitative estimate of drug-likeness (QED) is 0.829. The van der Waals surface area contributed by atoms with E-state index < -0.39 is 11.7 Å². The van der Waals surface area contributed by atoms with Crippen LogP contribution in [0.3, 0.4) is 0 Å². The monoisotopic (exact) mass is 317 g/mol.